The lowest BCUT2D eigenvalue weighted by atomic mass is 9.58. The predicted octanol–water partition coefficient (Wildman–Crippen LogP) is 9.66. The van der Waals surface area contributed by atoms with Gasteiger partial charge in [-0.15, -0.1) is 0 Å². The largest absolute Gasteiger partial charge is 0.491 e. The molecule has 54 heavy (non-hydrogen) atoms. The van der Waals surface area contributed by atoms with Crippen molar-refractivity contribution in [2.75, 3.05) is 53.9 Å². The van der Waals surface area contributed by atoms with Crippen molar-refractivity contribution in [3.8, 4) is 11.5 Å². The molecular formula is C46H72O8. The van der Waals surface area contributed by atoms with Crippen LogP contribution in [0.5, 0.6) is 11.5 Å². The minimum Gasteiger partial charge on any atom is -0.491 e. The summed E-state index contributed by atoms with van der Waals surface area (Å²) >= 11 is 0. The molecule has 8 heteroatoms. The lowest BCUT2D eigenvalue weighted by Crippen LogP contribution is -2.63. The second-order valence-electron chi connectivity index (χ2n) is 16.7. The van der Waals surface area contributed by atoms with Gasteiger partial charge in [-0.3, -0.25) is 9.59 Å². The molecule has 1 unspecified atom stereocenters. The third kappa shape index (κ3) is 13.2. The summed E-state index contributed by atoms with van der Waals surface area (Å²) in [6.07, 6.45) is 8.60. The average Bonchev–Trinajstić information content (AvgIpc) is 3.17. The molecule has 0 heterocycles. The van der Waals surface area contributed by atoms with E-state index < -0.39 is 16.6 Å². The molecule has 0 spiro atoms. The van der Waals surface area contributed by atoms with Crippen molar-refractivity contribution in [3.63, 3.8) is 0 Å². The summed E-state index contributed by atoms with van der Waals surface area (Å²) in [6, 6.07) is 16.1. The number of hydrogen-bond acceptors (Lipinski definition) is 8. The fourth-order valence-electron chi connectivity index (χ4n) is 8.06. The van der Waals surface area contributed by atoms with Crippen LogP contribution in [0.3, 0.4) is 0 Å². The monoisotopic (exact) mass is 753 g/mol. The zero-order valence-corrected chi connectivity index (χ0v) is 35.3. The minimum atomic E-state index is -0.913. The Bertz CT molecular complexity index is 1370. The van der Waals surface area contributed by atoms with Crippen molar-refractivity contribution >= 4 is 11.6 Å². The molecule has 1 atom stereocenters. The molecule has 2 saturated carbocycles. The van der Waals surface area contributed by atoms with Gasteiger partial charge in [0.05, 0.1) is 36.4 Å². The van der Waals surface area contributed by atoms with Crippen LogP contribution in [0.15, 0.2) is 48.5 Å². The van der Waals surface area contributed by atoms with Gasteiger partial charge >= 0.3 is 0 Å². The Kier molecular flexibility index (Phi) is 18.7. The van der Waals surface area contributed by atoms with Gasteiger partial charge in [0.2, 0.25) is 0 Å². The molecule has 0 radical (unpaired) electrons. The number of rotatable bonds is 20. The quantitative estimate of drug-likeness (QED) is 0.124. The van der Waals surface area contributed by atoms with E-state index in [2.05, 4.69) is 39.8 Å². The van der Waals surface area contributed by atoms with Crippen molar-refractivity contribution < 1.29 is 38.0 Å². The van der Waals surface area contributed by atoms with Crippen molar-refractivity contribution in [2.24, 2.45) is 29.1 Å². The lowest BCUT2D eigenvalue weighted by molar-refractivity contribution is -0.213. The summed E-state index contributed by atoms with van der Waals surface area (Å²) in [7, 11) is 3.44. The molecular weight excluding hydrogens is 680 g/mol. The van der Waals surface area contributed by atoms with Gasteiger partial charge in [-0.1, -0.05) is 36.8 Å². The van der Waals surface area contributed by atoms with E-state index in [9.17, 15) is 9.59 Å². The summed E-state index contributed by atoms with van der Waals surface area (Å²) in [4.78, 5) is 26.6. The molecule has 2 fully saturated rings. The zero-order chi connectivity index (χ0) is 39.8. The molecule has 304 valence electrons. The highest BCUT2D eigenvalue weighted by Gasteiger charge is 2.59. The number of ether oxygens (including phenoxy) is 6. The number of carbonyl (C=O) groups excluding carboxylic acids is 2. The summed E-state index contributed by atoms with van der Waals surface area (Å²) in [6.45, 7) is 19.6. The van der Waals surface area contributed by atoms with Crippen molar-refractivity contribution in [1.82, 2.24) is 0 Å². The van der Waals surface area contributed by atoms with Crippen LogP contribution in [0.2, 0.25) is 0 Å². The predicted molar refractivity (Wildman–Crippen MR) is 216 cm³/mol. The van der Waals surface area contributed by atoms with E-state index in [0.717, 1.165) is 75.9 Å². The van der Waals surface area contributed by atoms with E-state index in [4.69, 9.17) is 28.4 Å². The average molecular weight is 753 g/mol. The van der Waals surface area contributed by atoms with Crippen LogP contribution >= 0.6 is 0 Å². The first kappa shape index (κ1) is 45.6. The minimum absolute atomic E-state index is 0.0746. The van der Waals surface area contributed by atoms with Crippen LogP contribution in [-0.2, 0) is 35.0 Å². The highest BCUT2D eigenvalue weighted by molar-refractivity contribution is 5.89. The highest BCUT2D eigenvalue weighted by Crippen LogP contribution is 2.50. The first-order chi connectivity index (χ1) is 25.7. The maximum absolute atomic E-state index is 14.6. The normalized spacial score (nSPS) is 21.7. The van der Waals surface area contributed by atoms with Gasteiger partial charge in [0.15, 0.2) is 0 Å². The van der Waals surface area contributed by atoms with Gasteiger partial charge < -0.3 is 28.4 Å². The van der Waals surface area contributed by atoms with Gasteiger partial charge in [-0.25, -0.2) is 0 Å². The summed E-state index contributed by atoms with van der Waals surface area (Å²) in [5.74, 6) is 3.24. The standard InChI is InChI=1S/C36H58O6.C10H14O2/c1-9-27-14-20-32(21-15-27)40-22-23-41-34(3,4)36(7,33(38)31-18-16-30(17-19-31)26(2)37)35(5,6)42-25-29-12-10-28(11-13-29)24-39-8;1-9-3-5-10(6-4-9)12-8-7-11-2/h14-15,20-21,28-31H,9-13,16-19,22-25H2,1-8H3;3-6H,7-8H2,1-2H3. The molecule has 2 aromatic rings. The Balaban J connectivity index is 0.000000553. The van der Waals surface area contributed by atoms with Crippen LogP contribution < -0.4 is 9.47 Å². The molecule has 0 bridgehead atoms. The van der Waals surface area contributed by atoms with E-state index in [1.165, 1.54) is 11.1 Å². The number of carbonyl (C=O) groups is 2. The molecule has 0 N–H and O–H groups in total. The molecule has 8 nitrogen and oxygen atoms in total. The fourth-order valence-corrected chi connectivity index (χ4v) is 8.06. The lowest BCUT2D eigenvalue weighted by Gasteiger charge is -2.53. The SMILES string of the molecule is CCc1ccc(OCCOC(C)(C)C(C)(C(=O)C2CCC(C(C)=O)CC2)C(C)(C)OCC2CCC(COC)CC2)cc1.COCCOc1ccc(C)cc1. The first-order valence-corrected chi connectivity index (χ1v) is 20.4. The van der Waals surface area contributed by atoms with Crippen LogP contribution in [0.25, 0.3) is 0 Å². The molecule has 0 aromatic heterocycles. The summed E-state index contributed by atoms with van der Waals surface area (Å²) < 4.78 is 34.9. The highest BCUT2D eigenvalue weighted by atomic mass is 16.5. The molecule has 4 rings (SSSR count). The number of aryl methyl sites for hydroxylation is 2. The molecule has 0 saturated heterocycles. The Labute approximate surface area is 327 Å². The number of benzene rings is 2. The number of hydrogen-bond donors (Lipinski definition) is 0. The van der Waals surface area contributed by atoms with Gasteiger partial charge in [-0.05, 0) is 148 Å². The molecule has 2 aliphatic rings. The first-order valence-electron chi connectivity index (χ1n) is 20.4. The fraction of sp³-hybridized carbons (Fsp3) is 0.696. The second kappa shape index (κ2) is 22.1. The maximum Gasteiger partial charge on any atom is 0.147 e. The van der Waals surface area contributed by atoms with Crippen LogP contribution in [0, 0.1) is 36.0 Å². The smallest absolute Gasteiger partial charge is 0.147 e. The van der Waals surface area contributed by atoms with Crippen molar-refractivity contribution in [1.29, 1.82) is 0 Å². The Morgan fingerprint density at radius 2 is 1.09 bits per heavy atom. The molecule has 0 aliphatic heterocycles. The Hall–Kier alpha value is -2.78. The topological polar surface area (TPSA) is 89.5 Å². The van der Waals surface area contributed by atoms with E-state index in [1.54, 1.807) is 21.1 Å². The third-order valence-corrected chi connectivity index (χ3v) is 12.3. The second-order valence-corrected chi connectivity index (χ2v) is 16.7. The van der Waals surface area contributed by atoms with Crippen LogP contribution in [-0.4, -0.2) is 76.6 Å². The van der Waals surface area contributed by atoms with E-state index >= 15 is 0 Å². The maximum atomic E-state index is 14.6. The zero-order valence-electron chi connectivity index (χ0n) is 35.3. The number of methoxy groups -OCH3 is 2. The van der Waals surface area contributed by atoms with Crippen molar-refractivity contribution in [3.05, 3.63) is 59.7 Å². The van der Waals surface area contributed by atoms with Gasteiger partial charge in [-0.2, -0.15) is 0 Å². The van der Waals surface area contributed by atoms with Crippen LogP contribution in [0.4, 0.5) is 0 Å². The Morgan fingerprint density at radius 3 is 1.59 bits per heavy atom. The van der Waals surface area contributed by atoms with Gasteiger partial charge in [0, 0.05) is 32.7 Å². The van der Waals surface area contributed by atoms with Gasteiger partial charge in [0.1, 0.15) is 36.3 Å². The van der Waals surface area contributed by atoms with Crippen LogP contribution in [0.1, 0.15) is 111 Å². The number of Topliss-reactive ketones (excluding diaryl/α,β-unsaturated/α-hetero) is 2. The Morgan fingerprint density at radius 1 is 0.611 bits per heavy atom. The van der Waals surface area contributed by atoms with Crippen molar-refractivity contribution in [2.45, 2.75) is 124 Å². The summed E-state index contributed by atoms with van der Waals surface area (Å²) in [5, 5.41) is 0. The van der Waals surface area contributed by atoms with E-state index in [1.807, 2.05) is 57.2 Å². The van der Waals surface area contributed by atoms with E-state index in [0.29, 0.717) is 44.9 Å². The van der Waals surface area contributed by atoms with Gasteiger partial charge in [0.25, 0.3) is 0 Å². The molecule has 0 amide bonds. The number of ketones is 2. The van der Waals surface area contributed by atoms with E-state index in [-0.39, 0.29) is 23.4 Å². The molecule has 2 aliphatic carbocycles. The molecule has 2 aromatic carbocycles. The summed E-state index contributed by atoms with van der Waals surface area (Å²) in [5.41, 5.74) is 0.0385. The third-order valence-electron chi connectivity index (χ3n) is 12.3.